The number of carbonyl (C=O) groups excluding carboxylic acids is 3. The van der Waals surface area contributed by atoms with Gasteiger partial charge in [-0.3, -0.25) is 9.59 Å². The van der Waals surface area contributed by atoms with Gasteiger partial charge in [-0.1, -0.05) is 29.3 Å². The Balaban J connectivity index is 2.03. The summed E-state index contributed by atoms with van der Waals surface area (Å²) in [5, 5.41) is 4.82. The smallest absolute Gasteiger partial charge is 0.337 e. The number of halogens is 3. The average molecular weight is 399 g/mol. The second-order valence-corrected chi connectivity index (χ2v) is 5.83. The highest BCUT2D eigenvalue weighted by Gasteiger charge is 2.17. The molecule has 0 aliphatic heterocycles. The highest BCUT2D eigenvalue weighted by molar-refractivity contribution is 6.34. The van der Waals surface area contributed by atoms with E-state index in [1.54, 1.807) is 0 Å². The fourth-order valence-corrected chi connectivity index (χ4v) is 2.44. The van der Waals surface area contributed by atoms with Crippen LogP contribution >= 0.6 is 23.2 Å². The summed E-state index contributed by atoms with van der Waals surface area (Å²) < 4.78 is 18.3. The normalized spacial score (nSPS) is 10.2. The maximum atomic E-state index is 13.7. The van der Waals surface area contributed by atoms with Gasteiger partial charge in [0, 0.05) is 0 Å². The Labute approximate surface area is 158 Å². The highest BCUT2D eigenvalue weighted by Crippen LogP contribution is 2.23. The number of carbonyl (C=O) groups is 3. The van der Waals surface area contributed by atoms with Gasteiger partial charge in [-0.15, -0.1) is 0 Å². The van der Waals surface area contributed by atoms with E-state index in [1.807, 2.05) is 0 Å². The lowest BCUT2D eigenvalue weighted by molar-refractivity contribution is -0.115. The van der Waals surface area contributed by atoms with Crippen LogP contribution in [0.25, 0.3) is 0 Å². The molecule has 0 aliphatic carbocycles. The van der Waals surface area contributed by atoms with Crippen molar-refractivity contribution in [2.75, 3.05) is 19.0 Å². The summed E-state index contributed by atoms with van der Waals surface area (Å²) in [6.07, 6.45) is 0. The number of anilines is 1. The van der Waals surface area contributed by atoms with E-state index < -0.39 is 30.1 Å². The van der Waals surface area contributed by atoms with Gasteiger partial charge in [0.05, 0.1) is 40.5 Å². The summed E-state index contributed by atoms with van der Waals surface area (Å²) in [4.78, 5) is 35.5. The molecule has 2 amide bonds. The molecule has 2 N–H and O–H groups in total. The van der Waals surface area contributed by atoms with Crippen LogP contribution in [0.1, 0.15) is 20.7 Å². The molecule has 0 spiro atoms. The van der Waals surface area contributed by atoms with Crippen molar-refractivity contribution in [1.29, 1.82) is 0 Å². The fourth-order valence-electron chi connectivity index (χ4n) is 2.02. The first-order valence-electron chi connectivity index (χ1n) is 7.23. The van der Waals surface area contributed by atoms with Gasteiger partial charge in [0.25, 0.3) is 5.91 Å². The van der Waals surface area contributed by atoms with Gasteiger partial charge in [-0.05, 0) is 30.3 Å². The first-order valence-corrected chi connectivity index (χ1v) is 7.99. The molecule has 0 saturated heterocycles. The molecule has 2 aromatic carbocycles. The van der Waals surface area contributed by atoms with Crippen molar-refractivity contribution in [3.63, 3.8) is 0 Å². The lowest BCUT2D eigenvalue weighted by Crippen LogP contribution is -2.33. The number of hydrogen-bond donors (Lipinski definition) is 2. The number of ether oxygens (including phenoxy) is 1. The molecule has 0 unspecified atom stereocenters. The van der Waals surface area contributed by atoms with E-state index in [9.17, 15) is 18.8 Å². The van der Waals surface area contributed by atoms with Gasteiger partial charge in [0.15, 0.2) is 0 Å². The molecule has 0 aromatic heterocycles. The Morgan fingerprint density at radius 3 is 2.50 bits per heavy atom. The molecule has 9 heteroatoms. The first-order chi connectivity index (χ1) is 12.3. The summed E-state index contributed by atoms with van der Waals surface area (Å²) in [6.45, 7) is -0.456. The van der Waals surface area contributed by atoms with Gasteiger partial charge in [-0.25, -0.2) is 9.18 Å². The van der Waals surface area contributed by atoms with Gasteiger partial charge < -0.3 is 15.4 Å². The number of rotatable bonds is 5. The van der Waals surface area contributed by atoms with Crippen LogP contribution < -0.4 is 10.6 Å². The van der Waals surface area contributed by atoms with Crippen molar-refractivity contribution in [2.45, 2.75) is 0 Å². The number of amides is 2. The van der Waals surface area contributed by atoms with Crippen LogP contribution in [-0.2, 0) is 9.53 Å². The molecule has 26 heavy (non-hydrogen) atoms. The molecule has 0 saturated carbocycles. The van der Waals surface area contributed by atoms with Crippen LogP contribution in [0.4, 0.5) is 10.1 Å². The maximum Gasteiger partial charge on any atom is 0.337 e. The van der Waals surface area contributed by atoms with Crippen molar-refractivity contribution in [1.82, 2.24) is 5.32 Å². The fraction of sp³-hybridized carbons (Fsp3) is 0.118. The van der Waals surface area contributed by atoms with E-state index in [2.05, 4.69) is 15.4 Å². The minimum atomic E-state index is -0.836. The predicted octanol–water partition coefficient (Wildman–Crippen LogP) is 3.29. The molecule has 6 nitrogen and oxygen atoms in total. The predicted molar refractivity (Wildman–Crippen MR) is 95.2 cm³/mol. The summed E-state index contributed by atoms with van der Waals surface area (Å²) >= 11 is 11.8. The quantitative estimate of drug-likeness (QED) is 0.756. The Hall–Kier alpha value is -2.64. The Kier molecular flexibility index (Phi) is 6.54. The molecule has 2 rings (SSSR count). The minimum absolute atomic E-state index is 0.0725. The number of nitrogens with one attached hydrogen (secondary N) is 2. The van der Waals surface area contributed by atoms with Gasteiger partial charge in [-0.2, -0.15) is 0 Å². The van der Waals surface area contributed by atoms with E-state index in [1.165, 1.54) is 37.4 Å². The van der Waals surface area contributed by atoms with E-state index in [0.29, 0.717) is 0 Å². The standard InChI is InChI=1S/C17H13Cl2FN2O4/c1-26-17(25)9-5-6-10(18)13(7-9)22-14(23)8-21-16(24)15-11(19)3-2-4-12(15)20/h2-7H,8H2,1H3,(H,21,24)(H,22,23). The SMILES string of the molecule is COC(=O)c1ccc(Cl)c(NC(=O)CNC(=O)c2c(F)cccc2Cl)c1. The second-order valence-electron chi connectivity index (χ2n) is 5.01. The molecule has 2 aromatic rings. The minimum Gasteiger partial charge on any atom is -0.465 e. The number of esters is 1. The Bertz CT molecular complexity index is 854. The van der Waals surface area contributed by atoms with Crippen LogP contribution in [-0.4, -0.2) is 31.4 Å². The monoisotopic (exact) mass is 398 g/mol. The summed E-state index contributed by atoms with van der Waals surface area (Å²) in [5.74, 6) is -2.86. The van der Waals surface area contributed by atoms with Gasteiger partial charge in [0.2, 0.25) is 5.91 Å². The van der Waals surface area contributed by atoms with Gasteiger partial charge in [0.1, 0.15) is 5.82 Å². The van der Waals surface area contributed by atoms with E-state index in [-0.39, 0.29) is 26.9 Å². The van der Waals surface area contributed by atoms with Crippen molar-refractivity contribution in [2.24, 2.45) is 0 Å². The first kappa shape index (κ1) is 19.7. The van der Waals surface area contributed by atoms with Gasteiger partial charge >= 0.3 is 5.97 Å². The third-order valence-corrected chi connectivity index (χ3v) is 3.91. The lowest BCUT2D eigenvalue weighted by atomic mass is 10.2. The average Bonchev–Trinajstić information content (AvgIpc) is 2.61. The number of methoxy groups -OCH3 is 1. The topological polar surface area (TPSA) is 84.5 Å². The van der Waals surface area contributed by atoms with E-state index >= 15 is 0 Å². The summed E-state index contributed by atoms with van der Waals surface area (Å²) in [7, 11) is 1.22. The van der Waals surface area contributed by atoms with Crippen molar-refractivity contribution < 1.29 is 23.5 Å². The highest BCUT2D eigenvalue weighted by atomic mass is 35.5. The molecule has 0 radical (unpaired) electrons. The van der Waals surface area contributed by atoms with Crippen LogP contribution in [0.5, 0.6) is 0 Å². The third kappa shape index (κ3) is 4.71. The molecular formula is C17H13Cl2FN2O4. The van der Waals surface area contributed by atoms with Crippen molar-refractivity contribution >= 4 is 46.7 Å². The van der Waals surface area contributed by atoms with E-state index in [4.69, 9.17) is 23.2 Å². The molecule has 0 atom stereocenters. The molecule has 0 bridgehead atoms. The summed E-state index contributed by atoms with van der Waals surface area (Å²) in [6, 6.07) is 7.99. The lowest BCUT2D eigenvalue weighted by Gasteiger charge is -2.10. The van der Waals surface area contributed by atoms with Crippen LogP contribution in [0.15, 0.2) is 36.4 Å². The largest absolute Gasteiger partial charge is 0.465 e. The zero-order chi connectivity index (χ0) is 19.3. The Morgan fingerprint density at radius 1 is 1.12 bits per heavy atom. The maximum absolute atomic E-state index is 13.7. The molecule has 136 valence electrons. The molecular weight excluding hydrogens is 386 g/mol. The van der Waals surface area contributed by atoms with Crippen LogP contribution in [0.2, 0.25) is 10.0 Å². The summed E-state index contributed by atoms with van der Waals surface area (Å²) in [5.41, 5.74) is -0.000184. The zero-order valence-corrected chi connectivity index (χ0v) is 14.9. The molecule has 0 fully saturated rings. The van der Waals surface area contributed by atoms with Crippen LogP contribution in [0, 0.1) is 5.82 Å². The molecule has 0 heterocycles. The third-order valence-electron chi connectivity index (χ3n) is 3.26. The second kappa shape index (κ2) is 8.64. The number of benzene rings is 2. The number of hydrogen-bond acceptors (Lipinski definition) is 4. The van der Waals surface area contributed by atoms with Crippen molar-refractivity contribution in [3.05, 3.63) is 63.4 Å². The Morgan fingerprint density at radius 2 is 1.85 bits per heavy atom. The zero-order valence-electron chi connectivity index (χ0n) is 13.4. The molecule has 0 aliphatic rings. The van der Waals surface area contributed by atoms with E-state index in [0.717, 1.165) is 6.07 Å². The van der Waals surface area contributed by atoms with Crippen LogP contribution in [0.3, 0.4) is 0 Å². The van der Waals surface area contributed by atoms with Crippen molar-refractivity contribution in [3.8, 4) is 0 Å².